The van der Waals surface area contributed by atoms with Gasteiger partial charge < -0.3 is 4.74 Å². The fourth-order valence-electron chi connectivity index (χ4n) is 6.35. The van der Waals surface area contributed by atoms with Crippen LogP contribution in [-0.4, -0.2) is 46.8 Å². The van der Waals surface area contributed by atoms with Crippen LogP contribution in [0.2, 0.25) is 0 Å². The number of thiazole rings is 1. The maximum atomic E-state index is 13.0. The van der Waals surface area contributed by atoms with Crippen molar-refractivity contribution in [1.82, 2.24) is 14.9 Å². The number of hydrogen-bond donors (Lipinski definition) is 0. The van der Waals surface area contributed by atoms with Gasteiger partial charge in [-0.25, -0.2) is 13.8 Å². The molecular formula is C28H33F2N3O2S. The van der Waals surface area contributed by atoms with Crippen molar-refractivity contribution in [3.05, 3.63) is 52.7 Å². The standard InChI is InChI=1S/C27H29F2N3O2S.CH4/c28-26(29)15-34-27-31-23-14-32(10-7-25(23)35-27)9-6-17-20-11-16(12-21(17)20)13-24(33)19-3-1-5-22-18(19)4-2-8-30-22;/h1-5,8,16-17,20-21,26H,6-7,9-15H2;1H4/t16?,17?,20-,21?;/m0./s1. The lowest BCUT2D eigenvalue weighted by Crippen LogP contribution is -2.31. The number of ketones is 1. The molecule has 0 N–H and O–H groups in total. The predicted octanol–water partition coefficient (Wildman–Crippen LogP) is 6.26. The molecule has 2 fully saturated rings. The number of fused-ring (bicyclic) bond motifs is 3. The highest BCUT2D eigenvalue weighted by atomic mass is 32.1. The number of halogens is 2. The third-order valence-electron chi connectivity index (χ3n) is 8.04. The monoisotopic (exact) mass is 513 g/mol. The third kappa shape index (κ3) is 5.16. The molecule has 3 unspecified atom stereocenters. The molecule has 0 amide bonds. The zero-order valence-electron chi connectivity index (χ0n) is 19.5. The van der Waals surface area contributed by atoms with Gasteiger partial charge in [0.25, 0.3) is 11.6 Å². The number of benzene rings is 1. The number of carbonyl (C=O) groups is 1. The number of hydrogen-bond acceptors (Lipinski definition) is 6. The molecule has 3 aliphatic rings. The maximum absolute atomic E-state index is 13.0. The van der Waals surface area contributed by atoms with Crippen molar-refractivity contribution in [2.24, 2.45) is 23.7 Å². The van der Waals surface area contributed by atoms with Crippen LogP contribution in [0.25, 0.3) is 10.9 Å². The fourth-order valence-corrected chi connectivity index (χ4v) is 7.27. The molecule has 1 aromatic carbocycles. The van der Waals surface area contributed by atoms with Crippen LogP contribution < -0.4 is 4.74 Å². The summed E-state index contributed by atoms with van der Waals surface area (Å²) < 4.78 is 29.9. The minimum absolute atomic E-state index is 0. The number of Topliss-reactive ketones (excluding diaryl/α,β-unsaturated/α-hetero) is 1. The van der Waals surface area contributed by atoms with Gasteiger partial charge in [-0.2, -0.15) is 0 Å². The molecule has 2 saturated carbocycles. The van der Waals surface area contributed by atoms with Crippen molar-refractivity contribution in [2.75, 3.05) is 19.7 Å². The van der Waals surface area contributed by atoms with Gasteiger partial charge in [0.1, 0.15) is 0 Å². The topological polar surface area (TPSA) is 55.3 Å². The van der Waals surface area contributed by atoms with Gasteiger partial charge in [0.15, 0.2) is 12.4 Å². The van der Waals surface area contributed by atoms with E-state index in [9.17, 15) is 13.6 Å². The van der Waals surface area contributed by atoms with E-state index in [1.165, 1.54) is 35.5 Å². The number of carbonyl (C=O) groups excluding carboxylic acids is 1. The summed E-state index contributed by atoms with van der Waals surface area (Å²) in [5.74, 6) is 3.08. The summed E-state index contributed by atoms with van der Waals surface area (Å²) in [6, 6.07) is 9.71. The molecule has 36 heavy (non-hydrogen) atoms. The van der Waals surface area contributed by atoms with Crippen LogP contribution in [0, 0.1) is 23.7 Å². The minimum Gasteiger partial charge on any atom is -0.464 e. The van der Waals surface area contributed by atoms with E-state index in [1.54, 1.807) is 6.20 Å². The first-order valence-corrected chi connectivity index (χ1v) is 13.4. The van der Waals surface area contributed by atoms with E-state index < -0.39 is 13.0 Å². The van der Waals surface area contributed by atoms with Crippen LogP contribution >= 0.6 is 11.3 Å². The van der Waals surface area contributed by atoms with Gasteiger partial charge in [-0.05, 0) is 68.0 Å². The number of pyridine rings is 1. The summed E-state index contributed by atoms with van der Waals surface area (Å²) in [5, 5.41) is 1.33. The lowest BCUT2D eigenvalue weighted by Gasteiger charge is -2.26. The number of rotatable bonds is 9. The second kappa shape index (κ2) is 10.5. The Hall–Kier alpha value is -2.45. The number of alkyl halides is 2. The Morgan fingerprint density at radius 2 is 2.03 bits per heavy atom. The Balaban J connectivity index is 0.00000267. The molecule has 0 saturated heterocycles. The third-order valence-corrected chi connectivity index (χ3v) is 9.11. The predicted molar refractivity (Wildman–Crippen MR) is 138 cm³/mol. The van der Waals surface area contributed by atoms with Gasteiger partial charge in [0.2, 0.25) is 0 Å². The molecular weight excluding hydrogens is 480 g/mol. The largest absolute Gasteiger partial charge is 0.464 e. The summed E-state index contributed by atoms with van der Waals surface area (Å²) in [7, 11) is 0. The minimum atomic E-state index is -2.47. The quantitative estimate of drug-likeness (QED) is 0.316. The van der Waals surface area contributed by atoms with E-state index in [4.69, 9.17) is 4.74 Å². The molecule has 0 spiro atoms. The first-order valence-electron chi connectivity index (χ1n) is 12.5. The highest BCUT2D eigenvalue weighted by molar-refractivity contribution is 7.13. The van der Waals surface area contributed by atoms with E-state index >= 15 is 0 Å². The lowest BCUT2D eigenvalue weighted by atomic mass is 9.90. The van der Waals surface area contributed by atoms with E-state index in [-0.39, 0.29) is 13.2 Å². The zero-order valence-corrected chi connectivity index (χ0v) is 20.4. The molecule has 4 atom stereocenters. The Labute approximate surface area is 214 Å². The van der Waals surface area contributed by atoms with Crippen molar-refractivity contribution in [3.63, 3.8) is 0 Å². The normalized spacial score (nSPS) is 24.9. The summed E-state index contributed by atoms with van der Waals surface area (Å²) in [5.41, 5.74) is 2.68. The van der Waals surface area contributed by atoms with Crippen LogP contribution in [0.5, 0.6) is 5.19 Å². The summed E-state index contributed by atoms with van der Waals surface area (Å²) >= 11 is 1.41. The molecule has 2 aromatic heterocycles. The molecule has 6 rings (SSSR count). The van der Waals surface area contributed by atoms with Crippen LogP contribution in [0.4, 0.5) is 8.78 Å². The second-order valence-electron chi connectivity index (χ2n) is 10.2. The molecule has 2 aliphatic carbocycles. The molecule has 3 heterocycles. The van der Waals surface area contributed by atoms with Crippen LogP contribution in [0.1, 0.15) is 54.0 Å². The first kappa shape index (κ1) is 25.2. The maximum Gasteiger partial charge on any atom is 0.273 e. The van der Waals surface area contributed by atoms with Gasteiger partial charge in [0.05, 0.1) is 11.2 Å². The smallest absolute Gasteiger partial charge is 0.273 e. The molecule has 8 heteroatoms. The molecule has 1 aliphatic heterocycles. The van der Waals surface area contributed by atoms with Gasteiger partial charge in [-0.3, -0.25) is 14.7 Å². The Morgan fingerprint density at radius 1 is 1.19 bits per heavy atom. The Morgan fingerprint density at radius 3 is 2.83 bits per heavy atom. The molecule has 0 radical (unpaired) electrons. The summed E-state index contributed by atoms with van der Waals surface area (Å²) in [4.78, 5) is 25.5. The number of aromatic nitrogens is 2. The molecule has 192 valence electrons. The van der Waals surface area contributed by atoms with E-state index in [0.717, 1.165) is 66.0 Å². The van der Waals surface area contributed by atoms with Gasteiger partial charge in [-0.1, -0.05) is 37.0 Å². The molecule has 5 nitrogen and oxygen atoms in total. The van der Waals surface area contributed by atoms with Crippen LogP contribution in [0.15, 0.2) is 36.5 Å². The van der Waals surface area contributed by atoms with Crippen LogP contribution in [0.3, 0.4) is 0 Å². The summed E-state index contributed by atoms with van der Waals surface area (Å²) in [6.07, 6.45) is 4.39. The SMILES string of the molecule is C.O=C(CC1CC2C(CCN3CCc4sc(OCC(F)F)nc4C3)[C@@H]2C1)c1cccc2ncccc12. The zero-order chi connectivity index (χ0) is 23.9. The number of ether oxygens (including phenoxy) is 1. The van der Waals surface area contributed by atoms with Gasteiger partial charge in [-0.15, -0.1) is 0 Å². The van der Waals surface area contributed by atoms with Gasteiger partial charge >= 0.3 is 0 Å². The highest BCUT2D eigenvalue weighted by Crippen LogP contribution is 2.61. The van der Waals surface area contributed by atoms with E-state index in [0.29, 0.717) is 17.5 Å². The van der Waals surface area contributed by atoms with Crippen molar-refractivity contribution in [3.8, 4) is 5.19 Å². The lowest BCUT2D eigenvalue weighted by molar-refractivity contribution is 0.0815. The first-order chi connectivity index (χ1) is 17.0. The molecule has 0 bridgehead atoms. The average molecular weight is 514 g/mol. The van der Waals surface area contributed by atoms with Gasteiger partial charge in [0, 0.05) is 41.5 Å². The Kier molecular flexibility index (Phi) is 7.35. The second-order valence-corrected chi connectivity index (χ2v) is 11.2. The van der Waals surface area contributed by atoms with E-state index in [1.807, 2.05) is 30.3 Å². The average Bonchev–Trinajstić information content (AvgIpc) is 3.17. The summed E-state index contributed by atoms with van der Waals surface area (Å²) in [6.45, 7) is 2.23. The van der Waals surface area contributed by atoms with Crippen molar-refractivity contribution in [2.45, 2.75) is 52.5 Å². The van der Waals surface area contributed by atoms with E-state index in [2.05, 4.69) is 14.9 Å². The highest BCUT2D eigenvalue weighted by Gasteiger charge is 2.55. The fraction of sp³-hybridized carbons (Fsp3) is 0.536. The van der Waals surface area contributed by atoms with Crippen molar-refractivity contribution in [1.29, 1.82) is 0 Å². The van der Waals surface area contributed by atoms with Crippen molar-refractivity contribution >= 4 is 28.0 Å². The van der Waals surface area contributed by atoms with Crippen molar-refractivity contribution < 1.29 is 18.3 Å². The molecule has 3 aromatic rings. The van der Waals surface area contributed by atoms with Crippen LogP contribution in [-0.2, 0) is 13.0 Å². The number of nitrogens with zero attached hydrogens (tertiary/aromatic N) is 3. The Bertz CT molecular complexity index is 1220.